The molecule has 0 fully saturated rings. The van der Waals surface area contributed by atoms with Crippen LogP contribution >= 0.6 is 12.2 Å². The van der Waals surface area contributed by atoms with Gasteiger partial charge in [0.05, 0.1) is 33.0 Å². The van der Waals surface area contributed by atoms with Gasteiger partial charge in [-0.2, -0.15) is 0 Å². The maximum absolute atomic E-state index is 12.4. The molecule has 1 heterocycles. The number of thiocarbonyl (C=S) groups is 1. The lowest BCUT2D eigenvalue weighted by molar-refractivity contribution is 0.0499. The Morgan fingerprint density at radius 3 is 2.36 bits per heavy atom. The van der Waals surface area contributed by atoms with E-state index in [1.54, 1.807) is 46.9 Å². The Morgan fingerprint density at radius 2 is 1.76 bits per heavy atom. The van der Waals surface area contributed by atoms with Gasteiger partial charge >= 0.3 is 18.2 Å². The first-order chi connectivity index (χ1) is 15.5. The van der Waals surface area contributed by atoms with Crippen molar-refractivity contribution >= 4 is 35.5 Å². The predicted octanol–water partition coefficient (Wildman–Crippen LogP) is 2.48. The molecule has 2 amide bonds. The molecule has 0 aliphatic carbocycles. The zero-order valence-corrected chi connectivity index (χ0v) is 20.9. The molecule has 1 rings (SSSR count). The lowest BCUT2D eigenvalue weighted by atomic mass is 10.2. The van der Waals surface area contributed by atoms with E-state index < -0.39 is 23.8 Å². The van der Waals surface area contributed by atoms with Crippen LogP contribution in [0.1, 0.15) is 50.7 Å². The van der Waals surface area contributed by atoms with Gasteiger partial charge in [0.2, 0.25) is 0 Å². The van der Waals surface area contributed by atoms with Gasteiger partial charge in [-0.3, -0.25) is 15.0 Å². The van der Waals surface area contributed by atoms with E-state index in [0.29, 0.717) is 0 Å². The van der Waals surface area contributed by atoms with Crippen molar-refractivity contribution in [3.63, 3.8) is 0 Å². The minimum atomic E-state index is -0.712. The second-order valence-electron chi connectivity index (χ2n) is 7.78. The third-order valence-corrected chi connectivity index (χ3v) is 4.08. The van der Waals surface area contributed by atoms with Crippen LogP contribution in [-0.2, 0) is 18.9 Å². The smallest absolute Gasteiger partial charge is 0.413 e. The summed E-state index contributed by atoms with van der Waals surface area (Å²) in [6, 6.07) is 1.66. The Hall–Kier alpha value is -2.86. The van der Waals surface area contributed by atoms with Crippen molar-refractivity contribution in [3.8, 4) is 0 Å². The number of esters is 1. The molecule has 1 aromatic rings. The van der Waals surface area contributed by atoms with E-state index in [4.69, 9.17) is 31.2 Å². The lowest BCUT2D eigenvalue weighted by Crippen LogP contribution is -2.51. The number of hydrogen-bond donors (Lipinski definition) is 2. The molecule has 12 heteroatoms. The standard InChI is InChI=1S/C21H34N4O7S/c1-7-30-17(26)16-13-15(3)14-25(16)24(18(33)23-20(28)31-8-2)10-12-29-11-9-22-19(27)32-21(4,5)6/h13-14H,7-12H2,1-6H3,(H,22,27)(H,23,28,33). The first-order valence-corrected chi connectivity index (χ1v) is 11.1. The molecular weight excluding hydrogens is 452 g/mol. The third kappa shape index (κ3) is 10.5. The number of alkyl carbamates (subject to hydrolysis) is 2. The van der Waals surface area contributed by atoms with Gasteiger partial charge in [0.1, 0.15) is 11.3 Å². The van der Waals surface area contributed by atoms with Crippen molar-refractivity contribution in [1.29, 1.82) is 0 Å². The summed E-state index contributed by atoms with van der Waals surface area (Å²) in [6.45, 7) is 11.8. The Kier molecular flexibility index (Phi) is 11.6. The van der Waals surface area contributed by atoms with Crippen LogP contribution in [-0.4, -0.2) is 73.1 Å². The average Bonchev–Trinajstić information content (AvgIpc) is 3.07. The number of rotatable bonds is 10. The molecule has 0 spiro atoms. The highest BCUT2D eigenvalue weighted by Gasteiger charge is 2.22. The first-order valence-electron chi connectivity index (χ1n) is 10.6. The summed E-state index contributed by atoms with van der Waals surface area (Å²) in [5.41, 5.74) is 0.455. The van der Waals surface area contributed by atoms with Crippen LogP contribution < -0.4 is 15.6 Å². The van der Waals surface area contributed by atoms with Gasteiger partial charge in [-0.15, -0.1) is 0 Å². The molecule has 2 N–H and O–H groups in total. The van der Waals surface area contributed by atoms with E-state index in [9.17, 15) is 14.4 Å². The maximum Gasteiger partial charge on any atom is 0.413 e. The summed E-state index contributed by atoms with van der Waals surface area (Å²) >= 11 is 5.37. The number of hydrogen-bond acceptors (Lipinski definition) is 8. The second kappa shape index (κ2) is 13.6. The molecule has 0 aliphatic heterocycles. The van der Waals surface area contributed by atoms with Crippen molar-refractivity contribution in [3.05, 3.63) is 23.5 Å². The van der Waals surface area contributed by atoms with Gasteiger partial charge in [0.15, 0.2) is 5.11 Å². The van der Waals surface area contributed by atoms with Crippen LogP contribution in [0.3, 0.4) is 0 Å². The lowest BCUT2D eigenvalue weighted by Gasteiger charge is -2.27. The fourth-order valence-electron chi connectivity index (χ4n) is 2.56. The highest BCUT2D eigenvalue weighted by molar-refractivity contribution is 7.80. The van der Waals surface area contributed by atoms with E-state index in [1.165, 1.54) is 9.69 Å². The van der Waals surface area contributed by atoms with E-state index in [-0.39, 0.29) is 50.3 Å². The zero-order valence-electron chi connectivity index (χ0n) is 20.1. The molecule has 0 aromatic carbocycles. The molecule has 0 bridgehead atoms. The largest absolute Gasteiger partial charge is 0.461 e. The highest BCUT2D eigenvalue weighted by Crippen LogP contribution is 2.11. The van der Waals surface area contributed by atoms with Crippen molar-refractivity contribution < 1.29 is 33.3 Å². The van der Waals surface area contributed by atoms with E-state index in [0.717, 1.165) is 5.56 Å². The molecule has 0 aliphatic rings. The Morgan fingerprint density at radius 1 is 1.09 bits per heavy atom. The van der Waals surface area contributed by atoms with Gasteiger partial charge < -0.3 is 24.3 Å². The van der Waals surface area contributed by atoms with Crippen LogP contribution in [0.2, 0.25) is 0 Å². The zero-order chi connectivity index (χ0) is 25.0. The molecule has 0 radical (unpaired) electrons. The summed E-state index contributed by atoms with van der Waals surface area (Å²) < 4.78 is 22.2. The van der Waals surface area contributed by atoms with Crippen molar-refractivity contribution in [2.75, 3.05) is 44.5 Å². The van der Waals surface area contributed by atoms with Gasteiger partial charge in [0.25, 0.3) is 0 Å². The summed E-state index contributed by atoms with van der Waals surface area (Å²) in [4.78, 5) is 35.9. The SMILES string of the molecule is CCOC(=O)NC(=S)N(CCOCCNC(=O)OC(C)(C)C)n1cc(C)cc1C(=O)OCC. The predicted molar refractivity (Wildman–Crippen MR) is 126 cm³/mol. The van der Waals surface area contributed by atoms with Gasteiger partial charge in [-0.05, 0) is 65.4 Å². The summed E-state index contributed by atoms with van der Waals surface area (Å²) in [5.74, 6) is -0.531. The second-order valence-corrected chi connectivity index (χ2v) is 8.17. The quantitative estimate of drug-likeness (QED) is 0.222. The number of carbonyl (C=O) groups excluding carboxylic acids is 3. The Bertz CT molecular complexity index is 820. The van der Waals surface area contributed by atoms with Gasteiger partial charge in [0, 0.05) is 12.7 Å². The molecule has 33 heavy (non-hydrogen) atoms. The molecule has 0 saturated heterocycles. The number of ether oxygens (including phenoxy) is 4. The molecule has 11 nitrogen and oxygen atoms in total. The van der Waals surface area contributed by atoms with E-state index in [1.807, 2.05) is 6.92 Å². The van der Waals surface area contributed by atoms with Crippen LogP contribution in [0.5, 0.6) is 0 Å². The van der Waals surface area contributed by atoms with Crippen LogP contribution in [0.4, 0.5) is 9.59 Å². The fraction of sp³-hybridized carbons (Fsp3) is 0.619. The Balaban J connectivity index is 2.79. The average molecular weight is 487 g/mol. The van der Waals surface area contributed by atoms with Crippen LogP contribution in [0.15, 0.2) is 12.3 Å². The van der Waals surface area contributed by atoms with Crippen molar-refractivity contribution in [1.82, 2.24) is 15.3 Å². The number of aryl methyl sites for hydroxylation is 1. The minimum Gasteiger partial charge on any atom is -0.461 e. The topological polar surface area (TPSA) is 120 Å². The number of carbonyl (C=O) groups is 3. The van der Waals surface area contributed by atoms with E-state index >= 15 is 0 Å². The molecular formula is C21H34N4O7S. The van der Waals surface area contributed by atoms with E-state index in [2.05, 4.69) is 10.6 Å². The first kappa shape index (κ1) is 28.2. The summed E-state index contributed by atoms with van der Waals surface area (Å²) in [6.07, 6.45) is 0.445. The maximum atomic E-state index is 12.4. The normalized spacial score (nSPS) is 10.8. The summed E-state index contributed by atoms with van der Waals surface area (Å²) in [5, 5.41) is 6.58. The molecule has 0 saturated carbocycles. The van der Waals surface area contributed by atoms with Crippen LogP contribution in [0, 0.1) is 6.92 Å². The van der Waals surface area contributed by atoms with Crippen molar-refractivity contribution in [2.45, 2.75) is 47.1 Å². The highest BCUT2D eigenvalue weighted by atomic mass is 32.1. The fourth-order valence-corrected chi connectivity index (χ4v) is 2.82. The van der Waals surface area contributed by atoms with Gasteiger partial charge in [-0.25, -0.2) is 14.4 Å². The third-order valence-electron chi connectivity index (χ3n) is 3.76. The van der Waals surface area contributed by atoms with Crippen molar-refractivity contribution in [2.24, 2.45) is 0 Å². The van der Waals surface area contributed by atoms with Crippen LogP contribution in [0.25, 0.3) is 0 Å². The minimum absolute atomic E-state index is 0.0186. The molecule has 0 atom stereocenters. The Labute approximate surface area is 199 Å². The monoisotopic (exact) mass is 486 g/mol. The summed E-state index contributed by atoms with van der Waals surface area (Å²) in [7, 11) is 0. The number of nitrogens with one attached hydrogen (secondary N) is 2. The molecule has 0 unspecified atom stereocenters. The number of nitrogens with zero attached hydrogens (tertiary/aromatic N) is 2. The number of amides is 2. The van der Waals surface area contributed by atoms with Gasteiger partial charge in [-0.1, -0.05) is 0 Å². The molecule has 1 aromatic heterocycles. The number of aromatic nitrogens is 1. The molecule has 186 valence electrons.